The number of carbonyl (C=O) groups excluding carboxylic acids is 1. The lowest BCUT2D eigenvalue weighted by Gasteiger charge is -2.35. The van der Waals surface area contributed by atoms with E-state index in [0.29, 0.717) is 38.8 Å². The fraction of sp³-hybridized carbons (Fsp3) is 0.650. The smallest absolute Gasteiger partial charge is 0.225 e. The summed E-state index contributed by atoms with van der Waals surface area (Å²) in [6, 6.07) is 8.03. The number of likely N-dealkylation sites (N-methyl/N-ethyl adjacent to an activating group) is 1. The Bertz CT molecular complexity index is 564. The molecule has 0 unspecified atom stereocenters. The van der Waals surface area contributed by atoms with Gasteiger partial charge in [-0.1, -0.05) is 6.07 Å². The van der Waals surface area contributed by atoms with E-state index < -0.39 is 0 Å². The minimum absolute atomic E-state index is 0.0232. The van der Waals surface area contributed by atoms with E-state index in [-0.39, 0.29) is 12.0 Å². The molecule has 1 aromatic carbocycles. The Morgan fingerprint density at radius 2 is 2.08 bits per heavy atom. The fourth-order valence-electron chi connectivity index (χ4n) is 2.93. The number of nitrogens with zero attached hydrogens (tertiary/aromatic N) is 2. The number of rotatable bonds is 9. The maximum Gasteiger partial charge on any atom is 0.225 e. The minimum atomic E-state index is -0.0232. The van der Waals surface area contributed by atoms with Gasteiger partial charge in [0, 0.05) is 32.2 Å². The summed E-state index contributed by atoms with van der Waals surface area (Å²) in [5.74, 6) is 1.63. The fourth-order valence-corrected chi connectivity index (χ4v) is 2.93. The molecule has 0 aliphatic carbocycles. The lowest BCUT2D eigenvalue weighted by molar-refractivity contribution is -0.135. The molecule has 1 aromatic rings. The van der Waals surface area contributed by atoms with Gasteiger partial charge < -0.3 is 19.1 Å². The molecular weight excluding hydrogens is 332 g/mol. The van der Waals surface area contributed by atoms with Crippen LogP contribution in [-0.4, -0.2) is 74.4 Å². The molecule has 1 atom stereocenters. The van der Waals surface area contributed by atoms with Crippen molar-refractivity contribution in [2.24, 2.45) is 0 Å². The Hall–Kier alpha value is -1.79. The highest BCUT2D eigenvalue weighted by Gasteiger charge is 2.25. The first-order valence-corrected chi connectivity index (χ1v) is 9.45. The lowest BCUT2D eigenvalue weighted by Crippen LogP contribution is -2.47. The van der Waals surface area contributed by atoms with E-state index in [1.54, 1.807) is 4.90 Å². The molecule has 0 spiro atoms. The standard InChI is InChI=1S/C20H32N2O4/c1-5-24-17-7-6-8-18(13-17)25-11-9-21(4)20(23)14-19-15-22(16(2)3)10-12-26-19/h6-8,13,16,19H,5,9-12,14-15H2,1-4H3/t19-/m1/s1. The average molecular weight is 364 g/mol. The first-order valence-electron chi connectivity index (χ1n) is 9.45. The second kappa shape index (κ2) is 10.4. The molecule has 1 fully saturated rings. The van der Waals surface area contributed by atoms with Gasteiger partial charge in [-0.25, -0.2) is 0 Å². The summed E-state index contributed by atoms with van der Waals surface area (Å²) in [7, 11) is 1.81. The third kappa shape index (κ3) is 6.50. The van der Waals surface area contributed by atoms with Crippen molar-refractivity contribution in [2.75, 3.05) is 46.5 Å². The molecule has 1 aliphatic rings. The summed E-state index contributed by atoms with van der Waals surface area (Å²) in [5.41, 5.74) is 0. The maximum atomic E-state index is 12.4. The van der Waals surface area contributed by atoms with Gasteiger partial charge in [-0.15, -0.1) is 0 Å². The number of morpholine rings is 1. The van der Waals surface area contributed by atoms with Crippen LogP contribution in [0.5, 0.6) is 11.5 Å². The Balaban J connectivity index is 1.72. The molecule has 6 nitrogen and oxygen atoms in total. The van der Waals surface area contributed by atoms with Crippen molar-refractivity contribution in [1.29, 1.82) is 0 Å². The Morgan fingerprint density at radius 1 is 1.35 bits per heavy atom. The SMILES string of the molecule is CCOc1cccc(OCCN(C)C(=O)C[C@@H]2CN(C(C)C)CCO2)c1. The number of hydrogen-bond acceptors (Lipinski definition) is 5. The molecule has 0 saturated carbocycles. The number of amides is 1. The molecule has 0 radical (unpaired) electrons. The second-order valence-electron chi connectivity index (χ2n) is 6.86. The van der Waals surface area contributed by atoms with E-state index in [1.807, 2.05) is 38.2 Å². The molecule has 1 aliphatic heterocycles. The lowest BCUT2D eigenvalue weighted by atomic mass is 10.1. The van der Waals surface area contributed by atoms with Gasteiger partial charge in [-0.3, -0.25) is 9.69 Å². The summed E-state index contributed by atoms with van der Waals surface area (Å²) in [6.45, 7) is 10.4. The van der Waals surface area contributed by atoms with Crippen LogP contribution in [0.25, 0.3) is 0 Å². The van der Waals surface area contributed by atoms with Crippen molar-refractivity contribution >= 4 is 5.91 Å². The minimum Gasteiger partial charge on any atom is -0.494 e. The molecule has 1 heterocycles. The van der Waals surface area contributed by atoms with E-state index in [1.165, 1.54) is 0 Å². The molecule has 6 heteroatoms. The number of hydrogen-bond donors (Lipinski definition) is 0. The van der Waals surface area contributed by atoms with Gasteiger partial charge in [0.15, 0.2) is 0 Å². The summed E-state index contributed by atoms with van der Waals surface area (Å²) in [5, 5.41) is 0. The first-order chi connectivity index (χ1) is 12.5. The van der Waals surface area contributed by atoms with Gasteiger partial charge in [-0.2, -0.15) is 0 Å². The van der Waals surface area contributed by atoms with Crippen LogP contribution in [-0.2, 0) is 9.53 Å². The van der Waals surface area contributed by atoms with E-state index >= 15 is 0 Å². The topological polar surface area (TPSA) is 51.2 Å². The van der Waals surface area contributed by atoms with Gasteiger partial charge in [0.1, 0.15) is 18.1 Å². The van der Waals surface area contributed by atoms with Crippen molar-refractivity contribution in [1.82, 2.24) is 9.80 Å². The maximum absolute atomic E-state index is 12.4. The normalized spacial score (nSPS) is 18.0. The van der Waals surface area contributed by atoms with Crippen molar-refractivity contribution in [2.45, 2.75) is 39.3 Å². The summed E-state index contributed by atoms with van der Waals surface area (Å²) >= 11 is 0. The molecule has 1 saturated heterocycles. The largest absolute Gasteiger partial charge is 0.494 e. The third-order valence-electron chi connectivity index (χ3n) is 4.54. The van der Waals surface area contributed by atoms with Gasteiger partial charge in [0.05, 0.1) is 32.3 Å². The van der Waals surface area contributed by atoms with Gasteiger partial charge >= 0.3 is 0 Å². The highest BCUT2D eigenvalue weighted by molar-refractivity contribution is 5.76. The van der Waals surface area contributed by atoms with Crippen molar-refractivity contribution in [3.63, 3.8) is 0 Å². The zero-order valence-electron chi connectivity index (χ0n) is 16.4. The number of ether oxygens (including phenoxy) is 3. The van der Waals surface area contributed by atoms with E-state index in [2.05, 4.69) is 18.7 Å². The van der Waals surface area contributed by atoms with Crippen LogP contribution in [0.15, 0.2) is 24.3 Å². The Labute approximate surface area is 157 Å². The quantitative estimate of drug-likeness (QED) is 0.674. The van der Waals surface area contributed by atoms with Crippen LogP contribution in [0.3, 0.4) is 0 Å². The highest BCUT2D eigenvalue weighted by Crippen LogP contribution is 2.19. The zero-order valence-corrected chi connectivity index (χ0v) is 16.4. The average Bonchev–Trinajstić information content (AvgIpc) is 2.62. The van der Waals surface area contributed by atoms with Crippen LogP contribution in [0.1, 0.15) is 27.2 Å². The Kier molecular flexibility index (Phi) is 8.19. The van der Waals surface area contributed by atoms with Crippen molar-refractivity contribution < 1.29 is 19.0 Å². The van der Waals surface area contributed by atoms with Gasteiger partial charge in [-0.05, 0) is 32.9 Å². The van der Waals surface area contributed by atoms with Crippen LogP contribution in [0.2, 0.25) is 0 Å². The zero-order chi connectivity index (χ0) is 18.9. The Morgan fingerprint density at radius 3 is 2.77 bits per heavy atom. The van der Waals surface area contributed by atoms with Crippen LogP contribution >= 0.6 is 0 Å². The predicted octanol–water partition coefficient (Wildman–Crippen LogP) is 2.42. The number of carbonyl (C=O) groups is 1. The molecule has 146 valence electrons. The van der Waals surface area contributed by atoms with E-state index in [0.717, 1.165) is 24.6 Å². The van der Waals surface area contributed by atoms with Crippen molar-refractivity contribution in [3.05, 3.63) is 24.3 Å². The van der Waals surface area contributed by atoms with Crippen LogP contribution in [0.4, 0.5) is 0 Å². The van der Waals surface area contributed by atoms with E-state index in [9.17, 15) is 4.79 Å². The summed E-state index contributed by atoms with van der Waals surface area (Å²) in [6.07, 6.45) is 0.393. The molecule has 0 aromatic heterocycles. The van der Waals surface area contributed by atoms with Crippen LogP contribution < -0.4 is 9.47 Å². The first kappa shape index (κ1) is 20.5. The molecular formula is C20H32N2O4. The summed E-state index contributed by atoms with van der Waals surface area (Å²) < 4.78 is 17.0. The second-order valence-corrected chi connectivity index (χ2v) is 6.86. The summed E-state index contributed by atoms with van der Waals surface area (Å²) in [4.78, 5) is 16.5. The molecule has 2 rings (SSSR count). The van der Waals surface area contributed by atoms with Gasteiger partial charge in [0.25, 0.3) is 0 Å². The van der Waals surface area contributed by atoms with Crippen molar-refractivity contribution in [3.8, 4) is 11.5 Å². The molecule has 0 bridgehead atoms. The van der Waals surface area contributed by atoms with Crippen LogP contribution in [0, 0.1) is 0 Å². The monoisotopic (exact) mass is 364 g/mol. The predicted molar refractivity (Wildman–Crippen MR) is 102 cm³/mol. The van der Waals surface area contributed by atoms with Gasteiger partial charge in [0.2, 0.25) is 5.91 Å². The highest BCUT2D eigenvalue weighted by atomic mass is 16.5. The number of benzene rings is 1. The molecule has 0 N–H and O–H groups in total. The van der Waals surface area contributed by atoms with E-state index in [4.69, 9.17) is 14.2 Å². The molecule has 1 amide bonds. The third-order valence-corrected chi connectivity index (χ3v) is 4.54. The molecule has 26 heavy (non-hydrogen) atoms.